The summed E-state index contributed by atoms with van der Waals surface area (Å²) >= 11 is 0. The lowest BCUT2D eigenvalue weighted by Gasteiger charge is -2.32. The van der Waals surface area contributed by atoms with E-state index in [9.17, 15) is 19.7 Å². The number of carbonyl (C=O) groups excluding carboxylic acids is 2. The van der Waals surface area contributed by atoms with E-state index < -0.39 is 10.9 Å². The molecule has 0 bridgehead atoms. The number of rotatable bonds is 3. The monoisotopic (exact) mass is 307 g/mol. The smallest absolute Gasteiger partial charge is 0.338 e. The molecule has 1 fully saturated rings. The normalized spacial score (nSPS) is 17.9. The number of nitro benzene ring substituents is 1. The van der Waals surface area contributed by atoms with Gasteiger partial charge in [0, 0.05) is 43.4 Å². The number of benzene rings is 1. The highest BCUT2D eigenvalue weighted by Crippen LogP contribution is 2.20. The number of esters is 1. The minimum Gasteiger partial charge on any atom is -0.465 e. The lowest BCUT2D eigenvalue weighted by Crippen LogP contribution is -2.51. The Balaban J connectivity index is 2.36. The second-order valence-corrected chi connectivity index (χ2v) is 5.12. The van der Waals surface area contributed by atoms with Gasteiger partial charge in [0.25, 0.3) is 11.6 Å². The molecule has 22 heavy (non-hydrogen) atoms. The summed E-state index contributed by atoms with van der Waals surface area (Å²) in [6.45, 7) is 3.63. The summed E-state index contributed by atoms with van der Waals surface area (Å²) in [6, 6.07) is 3.76. The molecule has 1 atom stereocenters. The maximum absolute atomic E-state index is 12.5. The van der Waals surface area contributed by atoms with Gasteiger partial charge in [0.05, 0.1) is 17.6 Å². The number of carbonyl (C=O) groups is 2. The minimum atomic E-state index is -0.716. The summed E-state index contributed by atoms with van der Waals surface area (Å²) in [4.78, 5) is 36.1. The van der Waals surface area contributed by atoms with E-state index in [0.29, 0.717) is 19.6 Å². The van der Waals surface area contributed by atoms with Crippen molar-refractivity contribution in [2.75, 3.05) is 26.7 Å². The van der Waals surface area contributed by atoms with Gasteiger partial charge in [0.2, 0.25) is 0 Å². The zero-order chi connectivity index (χ0) is 16.3. The van der Waals surface area contributed by atoms with E-state index in [4.69, 9.17) is 0 Å². The Morgan fingerprint density at radius 3 is 2.64 bits per heavy atom. The van der Waals surface area contributed by atoms with Gasteiger partial charge >= 0.3 is 5.97 Å². The zero-order valence-corrected chi connectivity index (χ0v) is 12.4. The van der Waals surface area contributed by atoms with Gasteiger partial charge in [0.1, 0.15) is 0 Å². The Morgan fingerprint density at radius 1 is 1.36 bits per heavy atom. The van der Waals surface area contributed by atoms with Gasteiger partial charge < -0.3 is 15.0 Å². The fraction of sp³-hybridized carbons (Fsp3) is 0.429. The molecule has 0 spiro atoms. The standard InChI is InChI=1S/C14H17N3O5/c1-9-8-16(4-3-15-9)13(18)10-5-11(14(19)22-2)7-12(6-10)17(20)21/h5-7,9,15H,3-4,8H2,1-2H3/t9-/m1/s1. The summed E-state index contributed by atoms with van der Waals surface area (Å²) < 4.78 is 4.57. The average Bonchev–Trinajstić information content (AvgIpc) is 2.52. The molecule has 2 rings (SSSR count). The Hall–Kier alpha value is -2.48. The SMILES string of the molecule is COC(=O)c1cc(C(=O)N2CCN[C@H](C)C2)cc([N+](=O)[O-])c1. The predicted molar refractivity (Wildman–Crippen MR) is 77.8 cm³/mol. The van der Waals surface area contributed by atoms with Crippen LogP contribution in [0.25, 0.3) is 0 Å². The van der Waals surface area contributed by atoms with Gasteiger partial charge in [-0.15, -0.1) is 0 Å². The molecule has 0 radical (unpaired) electrons. The van der Waals surface area contributed by atoms with E-state index in [1.54, 1.807) is 4.90 Å². The van der Waals surface area contributed by atoms with Gasteiger partial charge in [-0.2, -0.15) is 0 Å². The fourth-order valence-electron chi connectivity index (χ4n) is 2.38. The van der Waals surface area contributed by atoms with Crippen LogP contribution in [0, 0.1) is 10.1 Å². The summed E-state index contributed by atoms with van der Waals surface area (Å²) in [5, 5.41) is 14.2. The van der Waals surface area contributed by atoms with Crippen molar-refractivity contribution in [2.24, 2.45) is 0 Å². The van der Waals surface area contributed by atoms with E-state index in [1.165, 1.54) is 19.2 Å². The van der Waals surface area contributed by atoms with Gasteiger partial charge in [-0.25, -0.2) is 4.79 Å². The molecule has 1 aliphatic heterocycles. The first-order valence-corrected chi connectivity index (χ1v) is 6.83. The van der Waals surface area contributed by atoms with Gasteiger partial charge in [0.15, 0.2) is 0 Å². The van der Waals surface area contributed by atoms with Crippen molar-refractivity contribution in [1.29, 1.82) is 0 Å². The van der Waals surface area contributed by atoms with E-state index >= 15 is 0 Å². The van der Waals surface area contributed by atoms with E-state index in [-0.39, 0.29) is 28.8 Å². The number of hydrogen-bond donors (Lipinski definition) is 1. The molecule has 1 N–H and O–H groups in total. The third-order valence-corrected chi connectivity index (χ3v) is 3.45. The zero-order valence-electron chi connectivity index (χ0n) is 12.4. The van der Waals surface area contributed by atoms with Crippen molar-refractivity contribution in [3.05, 3.63) is 39.4 Å². The number of nitrogens with one attached hydrogen (secondary N) is 1. The van der Waals surface area contributed by atoms with Crippen molar-refractivity contribution in [3.63, 3.8) is 0 Å². The molecule has 1 saturated heterocycles. The number of methoxy groups -OCH3 is 1. The lowest BCUT2D eigenvalue weighted by molar-refractivity contribution is -0.384. The second kappa shape index (κ2) is 6.52. The first-order chi connectivity index (χ1) is 10.4. The largest absolute Gasteiger partial charge is 0.465 e. The topological polar surface area (TPSA) is 102 Å². The number of piperazine rings is 1. The first kappa shape index (κ1) is 15.9. The molecule has 1 aliphatic rings. The Morgan fingerprint density at radius 2 is 2.05 bits per heavy atom. The highest BCUT2D eigenvalue weighted by atomic mass is 16.6. The summed E-state index contributed by atoms with van der Waals surface area (Å²) in [5.41, 5.74) is -0.207. The van der Waals surface area contributed by atoms with Crippen molar-refractivity contribution >= 4 is 17.6 Å². The molecular weight excluding hydrogens is 290 g/mol. The summed E-state index contributed by atoms with van der Waals surface area (Å²) in [6.07, 6.45) is 0. The first-order valence-electron chi connectivity index (χ1n) is 6.83. The number of amides is 1. The molecule has 0 saturated carbocycles. The Kier molecular flexibility index (Phi) is 4.71. The third kappa shape index (κ3) is 3.40. The van der Waals surface area contributed by atoms with Crippen LogP contribution in [0.2, 0.25) is 0 Å². The molecule has 8 heteroatoms. The molecule has 0 unspecified atom stereocenters. The highest BCUT2D eigenvalue weighted by Gasteiger charge is 2.24. The van der Waals surface area contributed by atoms with Crippen LogP contribution in [-0.2, 0) is 4.74 Å². The molecule has 1 heterocycles. The van der Waals surface area contributed by atoms with E-state index in [2.05, 4.69) is 10.1 Å². The molecular formula is C14H17N3O5. The second-order valence-electron chi connectivity index (χ2n) is 5.12. The van der Waals surface area contributed by atoms with Crippen LogP contribution in [0.4, 0.5) is 5.69 Å². The van der Waals surface area contributed by atoms with Crippen LogP contribution < -0.4 is 5.32 Å². The van der Waals surface area contributed by atoms with Crippen LogP contribution in [-0.4, -0.2) is 54.5 Å². The fourth-order valence-corrected chi connectivity index (χ4v) is 2.38. The van der Waals surface area contributed by atoms with Crippen LogP contribution in [0.1, 0.15) is 27.6 Å². The Bertz CT molecular complexity index is 616. The Labute approximate surface area is 127 Å². The summed E-state index contributed by atoms with van der Waals surface area (Å²) in [7, 11) is 1.18. The highest BCUT2D eigenvalue weighted by molar-refractivity contribution is 5.99. The lowest BCUT2D eigenvalue weighted by atomic mass is 10.1. The number of hydrogen-bond acceptors (Lipinski definition) is 6. The van der Waals surface area contributed by atoms with Gasteiger partial charge in [-0.05, 0) is 13.0 Å². The minimum absolute atomic E-state index is 0.0109. The molecule has 0 aliphatic carbocycles. The average molecular weight is 307 g/mol. The quantitative estimate of drug-likeness (QED) is 0.504. The van der Waals surface area contributed by atoms with Gasteiger partial charge in [-0.3, -0.25) is 14.9 Å². The van der Waals surface area contributed by atoms with Crippen molar-refractivity contribution < 1.29 is 19.2 Å². The maximum Gasteiger partial charge on any atom is 0.338 e. The number of ether oxygens (including phenoxy) is 1. The number of nitro groups is 1. The van der Waals surface area contributed by atoms with E-state index in [1.807, 2.05) is 6.92 Å². The van der Waals surface area contributed by atoms with Gasteiger partial charge in [-0.1, -0.05) is 0 Å². The van der Waals surface area contributed by atoms with E-state index in [0.717, 1.165) is 6.07 Å². The molecule has 1 aromatic carbocycles. The molecule has 0 aromatic heterocycles. The van der Waals surface area contributed by atoms with Crippen LogP contribution in [0.3, 0.4) is 0 Å². The number of nitrogens with zero attached hydrogens (tertiary/aromatic N) is 2. The van der Waals surface area contributed by atoms with Crippen LogP contribution in [0.15, 0.2) is 18.2 Å². The molecule has 8 nitrogen and oxygen atoms in total. The van der Waals surface area contributed by atoms with Crippen molar-refractivity contribution in [3.8, 4) is 0 Å². The number of non-ortho nitro benzene ring substituents is 1. The van der Waals surface area contributed by atoms with Crippen molar-refractivity contribution in [2.45, 2.75) is 13.0 Å². The third-order valence-electron chi connectivity index (χ3n) is 3.45. The van der Waals surface area contributed by atoms with Crippen LogP contribution >= 0.6 is 0 Å². The predicted octanol–water partition coefficient (Wildman–Crippen LogP) is 0.815. The molecule has 1 amide bonds. The van der Waals surface area contributed by atoms with Crippen molar-refractivity contribution in [1.82, 2.24) is 10.2 Å². The summed E-state index contributed by atoms with van der Waals surface area (Å²) in [5.74, 6) is -1.05. The molecule has 118 valence electrons. The van der Waals surface area contributed by atoms with Crippen LogP contribution in [0.5, 0.6) is 0 Å². The molecule has 1 aromatic rings. The maximum atomic E-state index is 12.5.